The first-order valence-corrected chi connectivity index (χ1v) is 10.9. The Balaban J connectivity index is 1.38. The van der Waals surface area contributed by atoms with E-state index in [0.717, 1.165) is 43.4 Å². The van der Waals surface area contributed by atoms with Crippen molar-refractivity contribution in [3.05, 3.63) is 0 Å². The summed E-state index contributed by atoms with van der Waals surface area (Å²) in [4.78, 5) is 63.8. The molecule has 2 saturated heterocycles. The van der Waals surface area contributed by atoms with Crippen LogP contribution in [-0.4, -0.2) is 57.3 Å². The molecular weight excluding hydrogens is 390 g/mol. The number of carbonyl (C=O) groups excluding carboxylic acids is 5. The summed E-state index contributed by atoms with van der Waals surface area (Å²) >= 11 is 0. The van der Waals surface area contributed by atoms with Crippen molar-refractivity contribution >= 4 is 29.8 Å². The quantitative estimate of drug-likeness (QED) is 0.589. The number of imide groups is 2. The molecule has 0 aromatic heterocycles. The molecule has 2 aliphatic carbocycles. The molecule has 0 aromatic rings. The van der Waals surface area contributed by atoms with Gasteiger partial charge in [-0.25, -0.2) is 9.59 Å². The van der Waals surface area contributed by atoms with E-state index in [2.05, 4.69) is 23.0 Å². The van der Waals surface area contributed by atoms with E-state index in [1.807, 2.05) is 0 Å². The number of hydrogen-bond donors (Lipinski definition) is 3. The van der Waals surface area contributed by atoms with Crippen molar-refractivity contribution in [1.82, 2.24) is 26.0 Å². The first-order chi connectivity index (χ1) is 14.3. The minimum atomic E-state index is -0.953. The van der Waals surface area contributed by atoms with Gasteiger partial charge in [0.05, 0.1) is 0 Å². The number of amides is 7. The van der Waals surface area contributed by atoms with Gasteiger partial charge in [0.25, 0.3) is 17.7 Å². The van der Waals surface area contributed by atoms with E-state index in [1.165, 1.54) is 0 Å². The van der Waals surface area contributed by atoms with Gasteiger partial charge in [-0.05, 0) is 44.4 Å². The normalized spacial score (nSPS) is 30.8. The van der Waals surface area contributed by atoms with E-state index in [1.54, 1.807) is 0 Å². The maximum Gasteiger partial charge on any atom is 0.344 e. The maximum absolute atomic E-state index is 12.9. The predicted molar refractivity (Wildman–Crippen MR) is 105 cm³/mol. The van der Waals surface area contributed by atoms with Gasteiger partial charge in [0.2, 0.25) is 0 Å². The largest absolute Gasteiger partial charge is 0.344 e. The number of carbonyl (C=O) groups is 5. The molecule has 4 aliphatic rings. The van der Waals surface area contributed by atoms with Gasteiger partial charge >= 0.3 is 12.1 Å². The van der Waals surface area contributed by atoms with Crippen molar-refractivity contribution in [3.8, 4) is 0 Å². The highest BCUT2D eigenvalue weighted by Gasteiger charge is 2.54. The van der Waals surface area contributed by atoms with Crippen molar-refractivity contribution < 1.29 is 24.0 Å². The summed E-state index contributed by atoms with van der Waals surface area (Å²) in [7, 11) is 0. The molecule has 4 rings (SSSR count). The SMILES string of the molecule is CCC1CCC2(CC1)NC(=O)N(CC(=O)NN1C(=O)NC3(CCCCC3)C1=O)C2=O. The van der Waals surface area contributed by atoms with Crippen molar-refractivity contribution in [2.75, 3.05) is 6.54 Å². The standard InChI is InChI=1S/C20H29N5O5/c1-2-13-6-10-20(11-7-13)15(27)24(17(29)21-20)12-14(26)23-25-16(28)19(22-18(25)30)8-4-3-5-9-19/h13H,2-12H2,1H3,(H,21,29)(H,22,30)(H,23,26). The van der Waals surface area contributed by atoms with Gasteiger partial charge in [-0.2, -0.15) is 5.01 Å². The second-order valence-corrected chi connectivity index (χ2v) is 9.00. The van der Waals surface area contributed by atoms with Gasteiger partial charge < -0.3 is 10.6 Å². The number of nitrogens with one attached hydrogen (secondary N) is 3. The summed E-state index contributed by atoms with van der Waals surface area (Å²) in [5.41, 5.74) is 0.397. The molecule has 2 heterocycles. The third kappa shape index (κ3) is 3.31. The highest BCUT2D eigenvalue weighted by atomic mass is 16.2. The molecule has 30 heavy (non-hydrogen) atoms. The lowest BCUT2D eigenvalue weighted by molar-refractivity contribution is -0.141. The van der Waals surface area contributed by atoms with E-state index < -0.39 is 47.4 Å². The Labute approximate surface area is 175 Å². The summed E-state index contributed by atoms with van der Waals surface area (Å²) in [5.74, 6) is -1.09. The van der Waals surface area contributed by atoms with Gasteiger partial charge in [0.15, 0.2) is 0 Å². The minimum Gasteiger partial charge on any atom is -0.323 e. The van der Waals surface area contributed by atoms with Crippen molar-refractivity contribution in [2.24, 2.45) is 5.92 Å². The Morgan fingerprint density at radius 1 is 0.933 bits per heavy atom. The van der Waals surface area contributed by atoms with E-state index in [9.17, 15) is 24.0 Å². The van der Waals surface area contributed by atoms with E-state index in [4.69, 9.17) is 0 Å². The zero-order chi connectivity index (χ0) is 21.5. The highest BCUT2D eigenvalue weighted by Crippen LogP contribution is 2.37. The third-order valence-electron chi connectivity index (χ3n) is 7.19. The minimum absolute atomic E-state index is 0.404. The van der Waals surface area contributed by atoms with Crippen LogP contribution in [0.25, 0.3) is 0 Å². The molecule has 2 spiro atoms. The van der Waals surface area contributed by atoms with Crippen LogP contribution in [0.3, 0.4) is 0 Å². The topological polar surface area (TPSA) is 128 Å². The van der Waals surface area contributed by atoms with E-state index >= 15 is 0 Å². The zero-order valence-electron chi connectivity index (χ0n) is 17.3. The van der Waals surface area contributed by atoms with E-state index in [-0.39, 0.29) is 0 Å². The molecule has 2 saturated carbocycles. The fourth-order valence-corrected chi connectivity index (χ4v) is 5.26. The lowest BCUT2D eigenvalue weighted by Gasteiger charge is -2.34. The molecule has 2 aliphatic heterocycles. The van der Waals surface area contributed by atoms with Crippen LogP contribution < -0.4 is 16.1 Å². The number of hydrogen-bond acceptors (Lipinski definition) is 5. The highest BCUT2D eigenvalue weighted by molar-refractivity contribution is 6.10. The fraction of sp³-hybridized carbons (Fsp3) is 0.750. The Hall–Kier alpha value is -2.65. The Bertz CT molecular complexity index is 782. The molecule has 0 bridgehead atoms. The number of rotatable bonds is 4. The predicted octanol–water partition coefficient (Wildman–Crippen LogP) is 1.16. The maximum atomic E-state index is 12.9. The molecule has 10 nitrogen and oxygen atoms in total. The molecule has 3 N–H and O–H groups in total. The summed E-state index contributed by atoms with van der Waals surface area (Å²) < 4.78 is 0. The molecular formula is C20H29N5O5. The number of urea groups is 2. The van der Waals surface area contributed by atoms with E-state index in [0.29, 0.717) is 36.6 Å². The molecule has 0 unspecified atom stereocenters. The Kier molecular flexibility index (Phi) is 5.19. The molecule has 7 amide bonds. The van der Waals surface area contributed by atoms with Gasteiger partial charge in [-0.15, -0.1) is 0 Å². The second kappa shape index (κ2) is 7.55. The number of nitrogens with zero attached hydrogens (tertiary/aromatic N) is 2. The van der Waals surface area contributed by atoms with Gasteiger partial charge in [0.1, 0.15) is 17.6 Å². The summed E-state index contributed by atoms with van der Waals surface area (Å²) in [6.07, 6.45) is 7.61. The van der Waals surface area contributed by atoms with Gasteiger partial charge in [0, 0.05) is 0 Å². The molecule has 164 valence electrons. The van der Waals surface area contributed by atoms with Crippen LogP contribution in [0.5, 0.6) is 0 Å². The molecule has 0 radical (unpaired) electrons. The summed E-state index contributed by atoms with van der Waals surface area (Å²) in [5, 5.41) is 6.17. The molecule has 10 heteroatoms. The van der Waals surface area contributed by atoms with Crippen LogP contribution in [0.1, 0.15) is 71.1 Å². The van der Waals surface area contributed by atoms with Crippen LogP contribution in [0.15, 0.2) is 0 Å². The van der Waals surface area contributed by atoms with Crippen LogP contribution in [-0.2, 0) is 14.4 Å². The monoisotopic (exact) mass is 419 g/mol. The fourth-order valence-electron chi connectivity index (χ4n) is 5.26. The summed E-state index contributed by atoms with van der Waals surface area (Å²) in [6, 6.07) is -1.28. The van der Waals surface area contributed by atoms with Crippen molar-refractivity contribution in [3.63, 3.8) is 0 Å². The number of hydrazine groups is 1. The average Bonchev–Trinajstić information content (AvgIpc) is 3.09. The lowest BCUT2D eigenvalue weighted by atomic mass is 9.75. The first-order valence-electron chi connectivity index (χ1n) is 10.9. The first kappa shape index (κ1) is 20.6. The van der Waals surface area contributed by atoms with Crippen LogP contribution in [0.2, 0.25) is 0 Å². The van der Waals surface area contributed by atoms with Crippen LogP contribution in [0.4, 0.5) is 9.59 Å². The smallest absolute Gasteiger partial charge is 0.323 e. The zero-order valence-corrected chi connectivity index (χ0v) is 17.3. The summed E-state index contributed by atoms with van der Waals surface area (Å²) in [6.45, 7) is 1.58. The Morgan fingerprint density at radius 3 is 2.17 bits per heavy atom. The van der Waals surface area contributed by atoms with Crippen LogP contribution in [0, 0.1) is 5.92 Å². The molecule has 4 fully saturated rings. The van der Waals surface area contributed by atoms with Gasteiger partial charge in [-0.3, -0.25) is 24.7 Å². The molecule has 0 aromatic carbocycles. The lowest BCUT2D eigenvalue weighted by Crippen LogP contribution is -2.53. The Morgan fingerprint density at radius 2 is 1.53 bits per heavy atom. The van der Waals surface area contributed by atoms with Crippen LogP contribution >= 0.6 is 0 Å². The third-order valence-corrected chi connectivity index (χ3v) is 7.19. The van der Waals surface area contributed by atoms with Crippen molar-refractivity contribution in [2.45, 2.75) is 82.2 Å². The molecule has 0 atom stereocenters. The van der Waals surface area contributed by atoms with Crippen molar-refractivity contribution in [1.29, 1.82) is 0 Å². The average molecular weight is 419 g/mol. The van der Waals surface area contributed by atoms with Gasteiger partial charge in [-0.1, -0.05) is 32.6 Å². The second-order valence-electron chi connectivity index (χ2n) is 9.00.